The molecule has 2 aromatic rings. The van der Waals surface area contributed by atoms with Crippen molar-refractivity contribution in [1.29, 1.82) is 0 Å². The zero-order valence-electron chi connectivity index (χ0n) is 24.2. The first-order valence-electron chi connectivity index (χ1n) is 14.1. The van der Waals surface area contributed by atoms with Gasteiger partial charge in [0.1, 0.15) is 5.82 Å². The van der Waals surface area contributed by atoms with Gasteiger partial charge in [-0.2, -0.15) is 0 Å². The number of amides is 3. The second-order valence-corrected chi connectivity index (χ2v) is 12.9. The number of rotatable bonds is 5. The third kappa shape index (κ3) is 6.75. The van der Waals surface area contributed by atoms with Gasteiger partial charge in [0, 0.05) is 67.7 Å². The molecule has 0 bridgehead atoms. The monoisotopic (exact) mass is 599 g/mol. The molecule has 220 valence electrons. The molecule has 0 aliphatic carbocycles. The number of hydrogen-bond acceptors (Lipinski definition) is 6. The van der Waals surface area contributed by atoms with Gasteiger partial charge in [-0.3, -0.25) is 14.7 Å². The van der Waals surface area contributed by atoms with Crippen LogP contribution in [0.15, 0.2) is 53.9 Å². The number of urea groups is 1. The van der Waals surface area contributed by atoms with Gasteiger partial charge in [0.2, 0.25) is 0 Å². The van der Waals surface area contributed by atoms with Crippen molar-refractivity contribution in [2.75, 3.05) is 63.1 Å². The van der Waals surface area contributed by atoms with E-state index in [9.17, 15) is 9.59 Å². The number of carbonyl (C=O) groups is 2. The summed E-state index contributed by atoms with van der Waals surface area (Å²) in [7, 11) is 1.88. The SMILES string of the molecule is CN1C2=C(CN(C(=O)c3ccc(CNC(=O)N4CCN(CCC(C)(C)C)CC4)c(Cl)c3)c3ccccc3N2)CN1Cl. The van der Waals surface area contributed by atoms with Gasteiger partial charge in [-0.05, 0) is 48.2 Å². The van der Waals surface area contributed by atoms with E-state index in [1.165, 1.54) is 0 Å². The number of hydrazine groups is 1. The molecule has 3 aliphatic heterocycles. The van der Waals surface area contributed by atoms with Crippen molar-refractivity contribution in [3.8, 4) is 0 Å². The first-order chi connectivity index (χ1) is 19.5. The molecular formula is C30H39Cl2N7O2. The predicted molar refractivity (Wildman–Crippen MR) is 165 cm³/mol. The molecule has 9 nitrogen and oxygen atoms in total. The van der Waals surface area contributed by atoms with Crippen molar-refractivity contribution >= 4 is 46.7 Å². The van der Waals surface area contributed by atoms with E-state index in [1.807, 2.05) is 47.3 Å². The quantitative estimate of drug-likeness (QED) is 0.460. The standard InChI is InChI=1S/C30H39Cl2N7O2/c1-30(2,3)11-12-36-13-15-37(16-14-36)29(41)33-18-22-10-9-21(17-24(22)31)28(40)38-19-23-20-39(32)35(4)27(23)34-25-7-5-6-8-26(25)38/h5-10,17,34H,11-16,18-20H2,1-4H3,(H,33,41). The molecule has 3 aliphatic rings. The van der Waals surface area contributed by atoms with Gasteiger partial charge in [-0.25, -0.2) is 4.79 Å². The first-order valence-corrected chi connectivity index (χ1v) is 14.8. The Balaban J connectivity index is 1.21. The lowest BCUT2D eigenvalue weighted by molar-refractivity contribution is 0.0989. The molecule has 3 heterocycles. The van der Waals surface area contributed by atoms with E-state index >= 15 is 0 Å². The van der Waals surface area contributed by atoms with Gasteiger partial charge in [0.05, 0.1) is 24.5 Å². The highest BCUT2D eigenvalue weighted by Gasteiger charge is 2.33. The lowest BCUT2D eigenvalue weighted by Gasteiger charge is -2.36. The van der Waals surface area contributed by atoms with Crippen molar-refractivity contribution < 1.29 is 9.59 Å². The van der Waals surface area contributed by atoms with E-state index < -0.39 is 0 Å². The third-order valence-corrected chi connectivity index (χ3v) is 8.61. The molecule has 2 N–H and O–H groups in total. The fraction of sp³-hybridized carbons (Fsp3) is 0.467. The number of benzene rings is 2. The van der Waals surface area contributed by atoms with Crippen molar-refractivity contribution in [3.05, 3.63) is 70.0 Å². The maximum absolute atomic E-state index is 13.8. The first kappa shape index (κ1) is 29.5. The minimum absolute atomic E-state index is 0.0932. The van der Waals surface area contributed by atoms with Crippen LogP contribution in [-0.4, -0.2) is 84.1 Å². The van der Waals surface area contributed by atoms with Crippen LogP contribution in [0.3, 0.4) is 0 Å². The predicted octanol–water partition coefficient (Wildman–Crippen LogP) is 5.20. The minimum atomic E-state index is -0.162. The number of halogens is 2. The Morgan fingerprint density at radius 2 is 1.76 bits per heavy atom. The Hall–Kier alpha value is -2.98. The molecule has 11 heteroatoms. The molecular weight excluding hydrogens is 561 g/mol. The average molecular weight is 601 g/mol. The van der Waals surface area contributed by atoms with Crippen molar-refractivity contribution in [2.24, 2.45) is 5.41 Å². The second kappa shape index (κ2) is 12.1. The molecule has 0 atom stereocenters. The van der Waals surface area contributed by atoms with Crippen LogP contribution in [0.25, 0.3) is 0 Å². The van der Waals surface area contributed by atoms with Gasteiger partial charge in [0.15, 0.2) is 0 Å². The molecule has 41 heavy (non-hydrogen) atoms. The molecule has 0 unspecified atom stereocenters. The second-order valence-electron chi connectivity index (χ2n) is 12.1. The van der Waals surface area contributed by atoms with Gasteiger partial charge in [-0.15, -0.1) is 4.53 Å². The summed E-state index contributed by atoms with van der Waals surface area (Å²) in [5.41, 5.74) is 4.16. The molecule has 1 saturated heterocycles. The smallest absolute Gasteiger partial charge is 0.317 e. The van der Waals surface area contributed by atoms with Crippen LogP contribution in [0.1, 0.15) is 43.1 Å². The van der Waals surface area contributed by atoms with Crippen molar-refractivity contribution in [2.45, 2.75) is 33.7 Å². The van der Waals surface area contributed by atoms with Crippen molar-refractivity contribution in [1.82, 2.24) is 24.7 Å². The summed E-state index contributed by atoms with van der Waals surface area (Å²) in [6.07, 6.45) is 1.14. The molecule has 0 aromatic heterocycles. The van der Waals surface area contributed by atoms with Gasteiger partial charge >= 0.3 is 6.03 Å². The maximum atomic E-state index is 13.8. The Morgan fingerprint density at radius 3 is 2.46 bits per heavy atom. The topological polar surface area (TPSA) is 74.4 Å². The normalized spacial score (nSPS) is 18.1. The van der Waals surface area contributed by atoms with Crippen LogP contribution >= 0.6 is 23.4 Å². The fourth-order valence-electron chi connectivity index (χ4n) is 5.30. The van der Waals surface area contributed by atoms with Crippen LogP contribution in [0.5, 0.6) is 0 Å². The molecule has 0 saturated carbocycles. The summed E-state index contributed by atoms with van der Waals surface area (Å²) >= 11 is 13.0. The Bertz CT molecular complexity index is 1330. The largest absolute Gasteiger partial charge is 0.339 e. The van der Waals surface area contributed by atoms with Crippen LogP contribution in [-0.2, 0) is 6.54 Å². The summed E-state index contributed by atoms with van der Waals surface area (Å²) in [6, 6.07) is 12.9. The summed E-state index contributed by atoms with van der Waals surface area (Å²) in [5, 5.41) is 8.72. The van der Waals surface area contributed by atoms with Crippen LogP contribution in [0.4, 0.5) is 16.2 Å². The molecule has 0 radical (unpaired) electrons. The molecule has 5 rings (SSSR count). The van der Waals surface area contributed by atoms with E-state index in [-0.39, 0.29) is 11.9 Å². The van der Waals surface area contributed by atoms with Crippen LogP contribution in [0.2, 0.25) is 5.02 Å². The summed E-state index contributed by atoms with van der Waals surface area (Å²) in [6.45, 7) is 12.2. The van der Waals surface area contributed by atoms with Crippen LogP contribution < -0.4 is 15.5 Å². The third-order valence-electron chi connectivity index (χ3n) is 7.92. The highest BCUT2D eigenvalue weighted by Crippen LogP contribution is 2.36. The average Bonchev–Trinajstić information content (AvgIpc) is 3.11. The Labute approximate surface area is 252 Å². The van der Waals surface area contributed by atoms with Crippen LogP contribution in [0, 0.1) is 5.41 Å². The number of hydrogen-bond donors (Lipinski definition) is 2. The summed E-state index contributed by atoms with van der Waals surface area (Å²) in [4.78, 5) is 32.7. The molecule has 1 fully saturated rings. The number of nitrogens with zero attached hydrogens (tertiary/aromatic N) is 5. The Morgan fingerprint density at radius 1 is 1.02 bits per heavy atom. The summed E-state index contributed by atoms with van der Waals surface area (Å²) < 4.78 is 1.58. The van der Waals surface area contributed by atoms with Gasteiger partial charge in [-0.1, -0.05) is 50.6 Å². The lowest BCUT2D eigenvalue weighted by atomic mass is 9.92. The number of carbonyl (C=O) groups excluding carboxylic acids is 2. The number of fused-ring (bicyclic) bond motifs is 1. The number of nitrogens with one attached hydrogen (secondary N) is 2. The lowest BCUT2D eigenvalue weighted by Crippen LogP contribution is -2.52. The van der Waals surface area contributed by atoms with E-state index in [2.05, 4.69) is 36.3 Å². The molecule has 3 amide bonds. The van der Waals surface area contributed by atoms with E-state index in [1.54, 1.807) is 21.6 Å². The molecule has 2 aromatic carbocycles. The Kier molecular flexibility index (Phi) is 8.70. The van der Waals surface area contributed by atoms with E-state index in [4.69, 9.17) is 23.4 Å². The van der Waals surface area contributed by atoms with E-state index in [0.29, 0.717) is 48.7 Å². The highest BCUT2D eigenvalue weighted by atomic mass is 35.5. The number of anilines is 2. The maximum Gasteiger partial charge on any atom is 0.317 e. The summed E-state index contributed by atoms with van der Waals surface area (Å²) in [5.74, 6) is 0.712. The zero-order chi connectivity index (χ0) is 29.3. The fourth-order valence-corrected chi connectivity index (χ4v) is 5.77. The van der Waals surface area contributed by atoms with E-state index in [0.717, 1.165) is 54.4 Å². The zero-order valence-corrected chi connectivity index (χ0v) is 25.7. The molecule has 0 spiro atoms. The van der Waals surface area contributed by atoms with Gasteiger partial charge in [0.25, 0.3) is 5.91 Å². The number of para-hydroxylation sites is 2. The van der Waals surface area contributed by atoms with Gasteiger partial charge < -0.3 is 20.4 Å². The highest BCUT2D eigenvalue weighted by molar-refractivity contribution is 6.32. The minimum Gasteiger partial charge on any atom is -0.339 e. The van der Waals surface area contributed by atoms with Crippen molar-refractivity contribution in [3.63, 3.8) is 0 Å². The number of piperazine rings is 1.